The van der Waals surface area contributed by atoms with Gasteiger partial charge in [0.2, 0.25) is 0 Å². The van der Waals surface area contributed by atoms with E-state index in [-0.39, 0.29) is 11.9 Å². The van der Waals surface area contributed by atoms with Gasteiger partial charge in [-0.1, -0.05) is 36.4 Å². The maximum Gasteiger partial charge on any atom is 0.316 e. The number of carbonyl (C=O) groups is 2. The summed E-state index contributed by atoms with van der Waals surface area (Å²) in [5.41, 5.74) is 7.03. The number of urea groups is 1. The molecule has 0 radical (unpaired) electrons. The first-order chi connectivity index (χ1) is 10.1. The van der Waals surface area contributed by atoms with E-state index in [1.165, 1.54) is 0 Å². The van der Waals surface area contributed by atoms with Crippen LogP contribution in [0.15, 0.2) is 54.6 Å². The van der Waals surface area contributed by atoms with Gasteiger partial charge in [-0.05, 0) is 30.7 Å². The molecule has 0 aliphatic carbocycles. The first kappa shape index (κ1) is 14.6. The van der Waals surface area contributed by atoms with E-state index in [2.05, 4.69) is 10.6 Å². The molecule has 0 saturated carbocycles. The first-order valence-electron chi connectivity index (χ1n) is 6.58. The van der Waals surface area contributed by atoms with Gasteiger partial charge in [0, 0.05) is 11.3 Å². The number of nitrogens with one attached hydrogen (secondary N) is 2. The smallest absolute Gasteiger partial charge is 0.316 e. The fourth-order valence-corrected chi connectivity index (χ4v) is 1.99. The molecule has 1 atom stereocenters. The van der Waals surface area contributed by atoms with Crippen LogP contribution in [0.25, 0.3) is 0 Å². The quantitative estimate of drug-likeness (QED) is 0.806. The van der Waals surface area contributed by atoms with Crippen LogP contribution in [0.4, 0.5) is 10.5 Å². The Kier molecular flexibility index (Phi) is 4.56. The second-order valence-corrected chi connectivity index (χ2v) is 4.68. The van der Waals surface area contributed by atoms with Gasteiger partial charge in [-0.3, -0.25) is 4.79 Å². The summed E-state index contributed by atoms with van der Waals surface area (Å²) in [6.45, 7) is 1.92. The Labute approximate surface area is 123 Å². The molecule has 5 nitrogen and oxygen atoms in total. The number of hydrogen-bond donors (Lipinski definition) is 3. The normalized spacial score (nSPS) is 11.5. The van der Waals surface area contributed by atoms with Gasteiger partial charge in [0.1, 0.15) is 0 Å². The third-order valence-electron chi connectivity index (χ3n) is 3.04. The Hall–Kier alpha value is -2.82. The molecule has 108 valence electrons. The SMILES string of the molecule is CC(NC(=O)c1cccc(NC(N)=O)c1)c1ccccc1. The molecule has 21 heavy (non-hydrogen) atoms. The van der Waals surface area contributed by atoms with E-state index in [1.54, 1.807) is 24.3 Å². The van der Waals surface area contributed by atoms with E-state index in [1.807, 2.05) is 37.3 Å². The third-order valence-corrected chi connectivity index (χ3v) is 3.04. The zero-order valence-electron chi connectivity index (χ0n) is 11.7. The van der Waals surface area contributed by atoms with Crippen molar-refractivity contribution >= 4 is 17.6 Å². The maximum absolute atomic E-state index is 12.2. The highest BCUT2D eigenvalue weighted by Crippen LogP contribution is 2.14. The second-order valence-electron chi connectivity index (χ2n) is 4.68. The van der Waals surface area contributed by atoms with Crippen molar-refractivity contribution in [3.8, 4) is 0 Å². The Balaban J connectivity index is 2.08. The van der Waals surface area contributed by atoms with Gasteiger partial charge >= 0.3 is 6.03 Å². The molecular formula is C16H17N3O2. The van der Waals surface area contributed by atoms with Crippen molar-refractivity contribution in [2.45, 2.75) is 13.0 Å². The third kappa shape index (κ3) is 4.07. The van der Waals surface area contributed by atoms with Gasteiger partial charge < -0.3 is 16.4 Å². The number of carbonyl (C=O) groups excluding carboxylic acids is 2. The Morgan fingerprint density at radius 1 is 1.05 bits per heavy atom. The number of benzene rings is 2. The molecule has 0 aromatic heterocycles. The monoisotopic (exact) mass is 283 g/mol. The van der Waals surface area contributed by atoms with Gasteiger partial charge in [-0.2, -0.15) is 0 Å². The Morgan fingerprint density at radius 3 is 2.43 bits per heavy atom. The van der Waals surface area contributed by atoms with Crippen molar-refractivity contribution in [1.82, 2.24) is 5.32 Å². The van der Waals surface area contributed by atoms with Gasteiger partial charge in [-0.25, -0.2) is 4.79 Å². The summed E-state index contributed by atoms with van der Waals surface area (Å²) in [5.74, 6) is -0.209. The molecule has 0 heterocycles. The molecule has 2 rings (SSSR count). The Morgan fingerprint density at radius 2 is 1.76 bits per heavy atom. The summed E-state index contributed by atoms with van der Waals surface area (Å²) in [7, 11) is 0. The standard InChI is InChI=1S/C16H17N3O2/c1-11(12-6-3-2-4-7-12)18-15(20)13-8-5-9-14(10-13)19-16(17)21/h2-11H,1H3,(H,18,20)(H3,17,19,21). The molecule has 0 aliphatic heterocycles. The molecule has 0 saturated heterocycles. The van der Waals surface area contributed by atoms with Crippen molar-refractivity contribution in [3.63, 3.8) is 0 Å². The van der Waals surface area contributed by atoms with E-state index in [9.17, 15) is 9.59 Å². The van der Waals surface area contributed by atoms with Crippen molar-refractivity contribution < 1.29 is 9.59 Å². The highest BCUT2D eigenvalue weighted by molar-refractivity contribution is 5.96. The van der Waals surface area contributed by atoms with Crippen molar-refractivity contribution in [3.05, 3.63) is 65.7 Å². The van der Waals surface area contributed by atoms with Crippen LogP contribution in [-0.2, 0) is 0 Å². The predicted molar refractivity (Wildman–Crippen MR) is 82.0 cm³/mol. The minimum Gasteiger partial charge on any atom is -0.351 e. The fraction of sp³-hybridized carbons (Fsp3) is 0.125. The molecule has 0 fully saturated rings. The summed E-state index contributed by atoms with van der Waals surface area (Å²) in [4.78, 5) is 23.0. The van der Waals surface area contributed by atoms with E-state index in [0.717, 1.165) is 5.56 Å². The van der Waals surface area contributed by atoms with Gasteiger partial charge in [0.15, 0.2) is 0 Å². The number of hydrogen-bond acceptors (Lipinski definition) is 2. The number of rotatable bonds is 4. The predicted octanol–water partition coefficient (Wildman–Crippen LogP) is 2.67. The fourth-order valence-electron chi connectivity index (χ4n) is 1.99. The van der Waals surface area contributed by atoms with Crippen LogP contribution in [0, 0.1) is 0 Å². The summed E-state index contributed by atoms with van der Waals surface area (Å²) >= 11 is 0. The van der Waals surface area contributed by atoms with Crippen LogP contribution >= 0.6 is 0 Å². The van der Waals surface area contributed by atoms with E-state index in [0.29, 0.717) is 11.3 Å². The molecule has 0 aliphatic rings. The van der Waals surface area contributed by atoms with Gasteiger partial charge in [0.25, 0.3) is 5.91 Å². The summed E-state index contributed by atoms with van der Waals surface area (Å²) in [6, 6.07) is 15.5. The zero-order valence-corrected chi connectivity index (χ0v) is 11.7. The van der Waals surface area contributed by atoms with Crippen LogP contribution in [0.2, 0.25) is 0 Å². The molecule has 0 spiro atoms. The molecule has 0 bridgehead atoms. The minimum atomic E-state index is -0.662. The molecule has 3 amide bonds. The summed E-state index contributed by atoms with van der Waals surface area (Å²) in [6.07, 6.45) is 0. The van der Waals surface area contributed by atoms with E-state index in [4.69, 9.17) is 5.73 Å². The van der Waals surface area contributed by atoms with Crippen molar-refractivity contribution in [2.75, 3.05) is 5.32 Å². The Bertz CT molecular complexity index is 641. The summed E-state index contributed by atoms with van der Waals surface area (Å²) < 4.78 is 0. The second kappa shape index (κ2) is 6.56. The average Bonchev–Trinajstić information content (AvgIpc) is 2.47. The lowest BCUT2D eigenvalue weighted by Gasteiger charge is -2.14. The van der Waals surface area contributed by atoms with Crippen LogP contribution < -0.4 is 16.4 Å². The average molecular weight is 283 g/mol. The number of nitrogens with two attached hydrogens (primary N) is 1. The van der Waals surface area contributed by atoms with Crippen LogP contribution in [-0.4, -0.2) is 11.9 Å². The van der Waals surface area contributed by atoms with Crippen LogP contribution in [0.1, 0.15) is 28.9 Å². The van der Waals surface area contributed by atoms with E-state index < -0.39 is 6.03 Å². The molecule has 1 unspecified atom stereocenters. The highest BCUT2D eigenvalue weighted by atomic mass is 16.2. The number of amides is 3. The molecule has 5 heteroatoms. The number of anilines is 1. The number of primary amides is 1. The van der Waals surface area contributed by atoms with Crippen molar-refractivity contribution in [1.29, 1.82) is 0 Å². The van der Waals surface area contributed by atoms with Crippen LogP contribution in [0.3, 0.4) is 0 Å². The molecule has 4 N–H and O–H groups in total. The maximum atomic E-state index is 12.2. The minimum absolute atomic E-state index is 0.105. The molecule has 2 aromatic carbocycles. The van der Waals surface area contributed by atoms with E-state index >= 15 is 0 Å². The van der Waals surface area contributed by atoms with Crippen LogP contribution in [0.5, 0.6) is 0 Å². The molecule has 2 aromatic rings. The van der Waals surface area contributed by atoms with Crippen molar-refractivity contribution in [2.24, 2.45) is 5.73 Å². The van der Waals surface area contributed by atoms with Gasteiger partial charge in [-0.15, -0.1) is 0 Å². The first-order valence-corrected chi connectivity index (χ1v) is 6.58. The lowest BCUT2D eigenvalue weighted by atomic mass is 10.1. The summed E-state index contributed by atoms with van der Waals surface area (Å²) in [5, 5.41) is 5.35. The zero-order chi connectivity index (χ0) is 15.2. The van der Waals surface area contributed by atoms with Gasteiger partial charge in [0.05, 0.1) is 6.04 Å². The largest absolute Gasteiger partial charge is 0.351 e. The highest BCUT2D eigenvalue weighted by Gasteiger charge is 2.11. The lowest BCUT2D eigenvalue weighted by Crippen LogP contribution is -2.27. The molecular weight excluding hydrogens is 266 g/mol. The topological polar surface area (TPSA) is 84.2 Å². The lowest BCUT2D eigenvalue weighted by molar-refractivity contribution is 0.0940.